The van der Waals surface area contributed by atoms with Crippen molar-refractivity contribution in [2.45, 2.75) is 50.3 Å². The van der Waals surface area contributed by atoms with Crippen molar-refractivity contribution >= 4 is 38.2 Å². The van der Waals surface area contributed by atoms with E-state index in [1.165, 1.54) is 16.2 Å². The van der Waals surface area contributed by atoms with Crippen LogP contribution in [0.15, 0.2) is 149 Å². The number of nitrogens with zero attached hydrogens (tertiary/aromatic N) is 2. The predicted octanol–water partition coefficient (Wildman–Crippen LogP) is 7.25. The summed E-state index contributed by atoms with van der Waals surface area (Å²) < 4.78 is 26.8. The van der Waals surface area contributed by atoms with E-state index in [-0.39, 0.29) is 38.4 Å². The number of methoxy groups -OCH3 is 2. The highest BCUT2D eigenvalue weighted by atomic mass is 16.6. The third kappa shape index (κ3) is 7.38. The van der Waals surface area contributed by atoms with Crippen molar-refractivity contribution in [3.8, 4) is 11.5 Å². The first-order valence-electron chi connectivity index (χ1n) is 20.7. The Morgan fingerprint density at radius 2 is 1.35 bits per heavy atom. The van der Waals surface area contributed by atoms with Gasteiger partial charge in [-0.05, 0) is 85.8 Å². The minimum atomic E-state index is -1.15. The van der Waals surface area contributed by atoms with Gasteiger partial charge in [0.15, 0.2) is 0 Å². The molecule has 1 aromatic heterocycles. The average molecular weight is 830 g/mol. The molecule has 11 heteroatoms. The molecule has 0 bridgehead atoms. The number of aryl methyl sites for hydroxylation is 1. The Labute approximate surface area is 358 Å². The van der Waals surface area contributed by atoms with Gasteiger partial charge in [0, 0.05) is 31.3 Å². The van der Waals surface area contributed by atoms with E-state index < -0.39 is 35.3 Å². The van der Waals surface area contributed by atoms with Crippen molar-refractivity contribution in [2.24, 2.45) is 0 Å². The van der Waals surface area contributed by atoms with Crippen molar-refractivity contribution < 1.29 is 28.8 Å². The largest absolute Gasteiger partial charge is 0.497 e. The Balaban J connectivity index is 0.926. The fourth-order valence-corrected chi connectivity index (χ4v) is 8.97. The molecule has 1 saturated heterocycles. The van der Waals surface area contributed by atoms with E-state index in [1.807, 2.05) is 97.1 Å². The SMILES string of the molecule is COc1ccc(C(OC[C@H]2O[C@@H](n3cc(C)c(=O)n(CCNC(=O)Cc4ccc5ccc6cccc7ccc4c5c67)c3=O)C[C@@H]2O)(c2ccccc2)c2ccc(OC)cc2)cc1. The zero-order valence-corrected chi connectivity index (χ0v) is 34.7. The number of rotatable bonds is 14. The zero-order valence-electron chi connectivity index (χ0n) is 34.7. The summed E-state index contributed by atoms with van der Waals surface area (Å²) >= 11 is 0. The maximum Gasteiger partial charge on any atom is 0.333 e. The van der Waals surface area contributed by atoms with E-state index in [2.05, 4.69) is 41.7 Å². The second-order valence-corrected chi connectivity index (χ2v) is 15.8. The maximum absolute atomic E-state index is 14.0. The summed E-state index contributed by atoms with van der Waals surface area (Å²) in [6, 6.07) is 43.8. The lowest BCUT2D eigenvalue weighted by Gasteiger charge is -2.37. The van der Waals surface area contributed by atoms with Gasteiger partial charge in [-0.2, -0.15) is 0 Å². The molecule has 62 heavy (non-hydrogen) atoms. The molecular formula is C51H47N3O8. The summed E-state index contributed by atoms with van der Waals surface area (Å²) in [6.45, 7) is 1.60. The second kappa shape index (κ2) is 16.9. The number of aromatic nitrogens is 2. The molecule has 0 saturated carbocycles. The predicted molar refractivity (Wildman–Crippen MR) is 239 cm³/mol. The van der Waals surface area contributed by atoms with Crippen LogP contribution in [-0.2, 0) is 32.8 Å². The first-order chi connectivity index (χ1) is 30.2. The first kappa shape index (κ1) is 40.6. The van der Waals surface area contributed by atoms with Gasteiger partial charge in [-0.1, -0.05) is 109 Å². The average Bonchev–Trinajstić information content (AvgIpc) is 3.68. The standard InChI is InChI=1S/C51H47N3O8/c1-32-30-54(50(58)53(49(32)57)27-26-52-45(56)28-36-15-14-35-13-12-33-8-7-9-34-16-25-42(36)48(35)47(33)34)46-29-43(55)44(62-46)31-61-51(37-10-5-4-6-11-37,38-17-21-40(59-2)22-18-38)39-19-23-41(60-3)24-20-39/h4-25,30,43-44,46,55H,26-29,31H2,1-3H3,(H,52,56)/t43-,44+,46+/m0/s1. The van der Waals surface area contributed by atoms with Gasteiger partial charge in [0.2, 0.25) is 5.91 Å². The fourth-order valence-electron chi connectivity index (χ4n) is 8.97. The summed E-state index contributed by atoms with van der Waals surface area (Å²) in [7, 11) is 3.23. The van der Waals surface area contributed by atoms with Crippen LogP contribution >= 0.6 is 0 Å². The summed E-state index contributed by atoms with van der Waals surface area (Å²) in [5, 5.41) is 21.1. The molecule has 1 aliphatic heterocycles. The Morgan fingerprint density at radius 1 is 0.758 bits per heavy atom. The third-order valence-corrected chi connectivity index (χ3v) is 12.1. The van der Waals surface area contributed by atoms with Gasteiger partial charge in [0.1, 0.15) is 29.4 Å². The highest BCUT2D eigenvalue weighted by Crippen LogP contribution is 2.43. The molecule has 1 aliphatic rings. The van der Waals surface area contributed by atoms with E-state index in [0.29, 0.717) is 17.1 Å². The summed E-state index contributed by atoms with van der Waals surface area (Å²) in [6.07, 6.45) is -1.00. The fraction of sp³-hybridized carbons (Fsp3) is 0.235. The van der Waals surface area contributed by atoms with Crippen LogP contribution in [-0.4, -0.2) is 59.7 Å². The molecule has 0 unspecified atom stereocenters. The van der Waals surface area contributed by atoms with Crippen LogP contribution in [0.5, 0.6) is 11.5 Å². The van der Waals surface area contributed by atoms with Crippen LogP contribution < -0.4 is 26.0 Å². The molecule has 8 aromatic rings. The normalized spacial score (nSPS) is 16.6. The van der Waals surface area contributed by atoms with Crippen molar-refractivity contribution in [1.29, 1.82) is 0 Å². The van der Waals surface area contributed by atoms with Gasteiger partial charge in [0.05, 0.1) is 33.4 Å². The van der Waals surface area contributed by atoms with Crippen LogP contribution in [0.25, 0.3) is 32.3 Å². The molecule has 1 fully saturated rings. The van der Waals surface area contributed by atoms with Gasteiger partial charge in [-0.3, -0.25) is 18.7 Å². The van der Waals surface area contributed by atoms with Gasteiger partial charge >= 0.3 is 5.69 Å². The lowest BCUT2D eigenvalue weighted by Crippen LogP contribution is -2.44. The van der Waals surface area contributed by atoms with Crippen molar-refractivity contribution in [3.05, 3.63) is 188 Å². The number of hydrogen-bond donors (Lipinski definition) is 2. The summed E-state index contributed by atoms with van der Waals surface area (Å²) in [5.74, 6) is 1.15. The highest BCUT2D eigenvalue weighted by Gasteiger charge is 2.42. The molecule has 3 atom stereocenters. The van der Waals surface area contributed by atoms with E-state index in [4.69, 9.17) is 18.9 Å². The molecule has 1 amide bonds. The molecule has 11 nitrogen and oxygen atoms in total. The number of carbonyl (C=O) groups excluding carboxylic acids is 1. The molecule has 0 spiro atoms. The Bertz CT molecular complexity index is 2940. The highest BCUT2D eigenvalue weighted by molar-refractivity contribution is 6.23. The van der Waals surface area contributed by atoms with E-state index in [1.54, 1.807) is 21.1 Å². The lowest BCUT2D eigenvalue weighted by atomic mass is 9.80. The van der Waals surface area contributed by atoms with Crippen LogP contribution in [0.3, 0.4) is 0 Å². The van der Waals surface area contributed by atoms with E-state index in [0.717, 1.165) is 53.8 Å². The monoisotopic (exact) mass is 829 g/mol. The smallest absolute Gasteiger partial charge is 0.333 e. The van der Waals surface area contributed by atoms with Gasteiger partial charge in [0.25, 0.3) is 5.56 Å². The van der Waals surface area contributed by atoms with Crippen LogP contribution in [0.1, 0.15) is 40.5 Å². The number of hydrogen-bond acceptors (Lipinski definition) is 8. The number of nitrogens with one attached hydrogen (secondary N) is 1. The lowest BCUT2D eigenvalue weighted by molar-refractivity contribution is -0.120. The summed E-state index contributed by atoms with van der Waals surface area (Å²) in [4.78, 5) is 40.7. The quantitative estimate of drug-likeness (QED) is 0.0867. The molecule has 7 aromatic carbocycles. The number of ether oxygens (including phenoxy) is 4. The molecular weight excluding hydrogens is 783 g/mol. The molecule has 0 radical (unpaired) electrons. The second-order valence-electron chi connectivity index (χ2n) is 15.8. The van der Waals surface area contributed by atoms with Gasteiger partial charge in [-0.15, -0.1) is 0 Å². The van der Waals surface area contributed by atoms with Gasteiger partial charge < -0.3 is 29.4 Å². The van der Waals surface area contributed by atoms with Gasteiger partial charge in [-0.25, -0.2) is 4.79 Å². The molecule has 2 heterocycles. The number of amides is 1. The van der Waals surface area contributed by atoms with Crippen molar-refractivity contribution in [3.63, 3.8) is 0 Å². The minimum absolute atomic E-state index is 0.0455. The van der Waals surface area contributed by atoms with Crippen LogP contribution in [0.4, 0.5) is 0 Å². The topological polar surface area (TPSA) is 130 Å². The van der Waals surface area contributed by atoms with Crippen LogP contribution in [0.2, 0.25) is 0 Å². The minimum Gasteiger partial charge on any atom is -0.497 e. The van der Waals surface area contributed by atoms with Crippen molar-refractivity contribution in [2.75, 3.05) is 27.4 Å². The molecule has 314 valence electrons. The van der Waals surface area contributed by atoms with Crippen molar-refractivity contribution in [1.82, 2.24) is 14.5 Å². The summed E-state index contributed by atoms with van der Waals surface area (Å²) in [5.41, 5.74) is 1.50. The number of carbonyl (C=O) groups is 1. The Hall–Kier alpha value is -6.79. The Kier molecular flexibility index (Phi) is 11.1. The van der Waals surface area contributed by atoms with E-state index >= 15 is 0 Å². The molecule has 9 rings (SSSR count). The first-order valence-corrected chi connectivity index (χ1v) is 20.7. The zero-order chi connectivity index (χ0) is 43.0. The Morgan fingerprint density at radius 3 is 2.00 bits per heavy atom. The molecule has 0 aliphatic carbocycles. The molecule has 2 N–H and O–H groups in total. The number of benzene rings is 7. The maximum atomic E-state index is 14.0. The van der Waals surface area contributed by atoms with E-state index in [9.17, 15) is 19.5 Å². The number of aliphatic hydroxyl groups is 1. The van der Waals surface area contributed by atoms with Crippen LogP contribution in [0, 0.1) is 6.92 Å². The number of aliphatic hydroxyl groups excluding tert-OH is 1. The third-order valence-electron chi connectivity index (χ3n) is 12.1.